The Hall–Kier alpha value is -1.47. The maximum Gasteiger partial charge on any atom is 0.417 e. The van der Waals surface area contributed by atoms with Crippen LogP contribution in [0.2, 0.25) is 5.02 Å². The summed E-state index contributed by atoms with van der Waals surface area (Å²) in [6.45, 7) is 0. The van der Waals surface area contributed by atoms with Gasteiger partial charge in [0.1, 0.15) is 0 Å². The highest BCUT2D eigenvalue weighted by molar-refractivity contribution is 6.82. The van der Waals surface area contributed by atoms with E-state index in [1.54, 1.807) is 0 Å². The van der Waals surface area contributed by atoms with Crippen LogP contribution in [0.4, 0.5) is 18.9 Å². The summed E-state index contributed by atoms with van der Waals surface area (Å²) < 4.78 is 41.9. The maximum atomic E-state index is 12.6. The molecule has 19 heavy (non-hydrogen) atoms. The molecule has 0 fully saturated rings. The minimum absolute atomic E-state index is 0.0289. The quantitative estimate of drug-likeness (QED) is 0.528. The van der Waals surface area contributed by atoms with Gasteiger partial charge in [0.05, 0.1) is 23.4 Å². The molecule has 1 aromatic rings. The first-order valence-corrected chi connectivity index (χ1v) is 5.45. The van der Waals surface area contributed by atoms with Crippen molar-refractivity contribution in [3.05, 3.63) is 28.8 Å². The second-order valence-electron chi connectivity index (χ2n) is 3.20. The third-order valence-electron chi connectivity index (χ3n) is 1.91. The number of anilines is 1. The number of carbonyl (C=O) groups is 1. The van der Waals surface area contributed by atoms with Gasteiger partial charge in [0.2, 0.25) is 5.17 Å². The molecule has 0 spiro atoms. The normalized spacial score (nSPS) is 12.2. The molecule has 0 heterocycles. The van der Waals surface area contributed by atoms with Gasteiger partial charge in [-0.05, 0) is 18.2 Å². The van der Waals surface area contributed by atoms with Crippen molar-refractivity contribution in [2.75, 3.05) is 12.5 Å². The average Bonchev–Trinajstić information content (AvgIpc) is 2.35. The molecule has 0 unspecified atom stereocenters. The van der Waals surface area contributed by atoms with Crippen molar-refractivity contribution in [2.45, 2.75) is 6.18 Å². The Kier molecular flexibility index (Phi) is 5.02. The molecular weight excluding hydrogens is 308 g/mol. The number of rotatable bonds is 3. The second kappa shape index (κ2) is 6.12. The summed E-state index contributed by atoms with van der Waals surface area (Å²) in [6.07, 6.45) is -4.59. The molecule has 0 amide bonds. The van der Waals surface area contributed by atoms with Gasteiger partial charge in [-0.3, -0.25) is 5.43 Å². The van der Waals surface area contributed by atoms with E-state index in [4.69, 9.17) is 23.2 Å². The first-order chi connectivity index (χ1) is 8.75. The van der Waals surface area contributed by atoms with Crippen molar-refractivity contribution in [1.82, 2.24) is 0 Å². The standard InChI is InChI=1S/C10H7Cl2F3N2O2/c1-19-9(18)8(12)17-16-5-2-3-7(11)6(4-5)10(13,14)15/h2-4,16H,1H3/b17-8-. The molecule has 4 nitrogen and oxygen atoms in total. The van der Waals surface area contributed by atoms with Crippen molar-refractivity contribution >= 4 is 40.0 Å². The summed E-state index contributed by atoms with van der Waals surface area (Å²) in [5.74, 6) is -0.917. The van der Waals surface area contributed by atoms with Gasteiger partial charge in [-0.1, -0.05) is 23.2 Å². The fraction of sp³-hybridized carbons (Fsp3) is 0.200. The molecule has 0 saturated heterocycles. The third kappa shape index (κ3) is 4.29. The van der Waals surface area contributed by atoms with Crippen LogP contribution in [0.3, 0.4) is 0 Å². The van der Waals surface area contributed by atoms with Gasteiger partial charge in [0.25, 0.3) is 0 Å². The van der Waals surface area contributed by atoms with E-state index in [0.717, 1.165) is 19.2 Å². The Morgan fingerprint density at radius 3 is 2.58 bits per heavy atom. The Morgan fingerprint density at radius 2 is 2.05 bits per heavy atom. The third-order valence-corrected chi connectivity index (χ3v) is 2.48. The monoisotopic (exact) mass is 314 g/mol. The van der Waals surface area contributed by atoms with Crippen LogP contribution >= 0.6 is 23.2 Å². The largest absolute Gasteiger partial charge is 0.464 e. The van der Waals surface area contributed by atoms with E-state index >= 15 is 0 Å². The molecule has 1 rings (SSSR count). The van der Waals surface area contributed by atoms with Crippen molar-refractivity contribution in [3.63, 3.8) is 0 Å². The zero-order valence-corrected chi connectivity index (χ0v) is 10.9. The van der Waals surface area contributed by atoms with E-state index in [0.29, 0.717) is 0 Å². The Bertz CT molecular complexity index is 518. The lowest BCUT2D eigenvalue weighted by Gasteiger charge is -2.10. The summed E-state index contributed by atoms with van der Waals surface area (Å²) in [7, 11) is 1.09. The molecule has 0 aliphatic rings. The summed E-state index contributed by atoms with van der Waals surface area (Å²) in [5, 5.41) is 2.37. The van der Waals surface area contributed by atoms with E-state index < -0.39 is 27.9 Å². The summed E-state index contributed by atoms with van der Waals surface area (Å²) >= 11 is 10.8. The molecule has 0 aliphatic heterocycles. The Balaban J connectivity index is 2.96. The smallest absolute Gasteiger partial charge is 0.417 e. The number of hydrogen-bond donors (Lipinski definition) is 1. The van der Waals surface area contributed by atoms with Gasteiger partial charge in [0.15, 0.2) is 0 Å². The minimum atomic E-state index is -4.59. The Labute approximate surface area is 116 Å². The maximum absolute atomic E-state index is 12.6. The van der Waals surface area contributed by atoms with Crippen molar-refractivity contribution in [3.8, 4) is 0 Å². The second-order valence-corrected chi connectivity index (χ2v) is 3.96. The van der Waals surface area contributed by atoms with Crippen LogP contribution in [0, 0.1) is 0 Å². The highest BCUT2D eigenvalue weighted by Gasteiger charge is 2.33. The molecule has 0 aliphatic carbocycles. The van der Waals surface area contributed by atoms with Crippen molar-refractivity contribution in [1.29, 1.82) is 0 Å². The topological polar surface area (TPSA) is 50.7 Å². The lowest BCUT2D eigenvalue weighted by Crippen LogP contribution is -2.11. The number of carbonyl (C=O) groups excluding carboxylic acids is 1. The van der Waals surface area contributed by atoms with E-state index in [2.05, 4.69) is 15.3 Å². The van der Waals surface area contributed by atoms with Gasteiger partial charge < -0.3 is 4.74 Å². The van der Waals surface area contributed by atoms with Crippen LogP contribution in [-0.4, -0.2) is 18.2 Å². The predicted molar refractivity (Wildman–Crippen MR) is 65.4 cm³/mol. The molecule has 1 aromatic carbocycles. The summed E-state index contributed by atoms with van der Waals surface area (Å²) in [6, 6.07) is 3.05. The number of ether oxygens (including phenoxy) is 1. The van der Waals surface area contributed by atoms with Gasteiger partial charge in [-0.15, -0.1) is 0 Å². The first-order valence-electron chi connectivity index (χ1n) is 4.70. The fourth-order valence-electron chi connectivity index (χ4n) is 1.06. The molecule has 104 valence electrons. The van der Waals surface area contributed by atoms with Crippen LogP contribution in [0.1, 0.15) is 5.56 Å². The SMILES string of the molecule is COC(=O)/C(Cl)=N/Nc1ccc(Cl)c(C(F)(F)F)c1. The van der Waals surface area contributed by atoms with Crippen LogP contribution < -0.4 is 5.43 Å². The molecule has 1 N–H and O–H groups in total. The van der Waals surface area contributed by atoms with Crippen LogP contribution in [0.5, 0.6) is 0 Å². The zero-order valence-electron chi connectivity index (χ0n) is 9.39. The van der Waals surface area contributed by atoms with Gasteiger partial charge in [0, 0.05) is 0 Å². The van der Waals surface area contributed by atoms with Gasteiger partial charge in [-0.2, -0.15) is 18.3 Å². The number of hydrogen-bond acceptors (Lipinski definition) is 4. The van der Waals surface area contributed by atoms with Gasteiger partial charge in [-0.25, -0.2) is 4.79 Å². The summed E-state index contributed by atoms with van der Waals surface area (Å²) in [4.78, 5) is 10.9. The highest BCUT2D eigenvalue weighted by atomic mass is 35.5. The number of alkyl halides is 3. The number of benzene rings is 1. The van der Waals surface area contributed by atoms with Crippen LogP contribution in [-0.2, 0) is 15.7 Å². The van der Waals surface area contributed by atoms with Crippen molar-refractivity contribution in [2.24, 2.45) is 5.10 Å². The number of methoxy groups -OCH3 is 1. The van der Waals surface area contributed by atoms with E-state index in [1.807, 2.05) is 0 Å². The number of halogens is 5. The Morgan fingerprint density at radius 1 is 1.42 bits per heavy atom. The molecule has 0 atom stereocenters. The minimum Gasteiger partial charge on any atom is -0.464 e. The lowest BCUT2D eigenvalue weighted by molar-refractivity contribution is -0.137. The molecule has 0 aromatic heterocycles. The number of esters is 1. The highest BCUT2D eigenvalue weighted by Crippen LogP contribution is 2.36. The van der Waals surface area contributed by atoms with Crippen LogP contribution in [0.15, 0.2) is 23.3 Å². The number of nitrogens with zero attached hydrogens (tertiary/aromatic N) is 1. The average molecular weight is 315 g/mol. The predicted octanol–water partition coefficient (Wildman–Crippen LogP) is 3.50. The first kappa shape index (κ1) is 15.6. The molecule has 0 saturated carbocycles. The van der Waals surface area contributed by atoms with E-state index in [-0.39, 0.29) is 5.69 Å². The molecular formula is C10H7Cl2F3N2O2. The van der Waals surface area contributed by atoms with E-state index in [9.17, 15) is 18.0 Å². The number of hydrazone groups is 1. The van der Waals surface area contributed by atoms with Gasteiger partial charge >= 0.3 is 12.1 Å². The lowest BCUT2D eigenvalue weighted by atomic mass is 10.2. The van der Waals surface area contributed by atoms with Crippen LogP contribution in [0.25, 0.3) is 0 Å². The summed E-state index contributed by atoms with van der Waals surface area (Å²) in [5.41, 5.74) is 1.14. The van der Waals surface area contributed by atoms with E-state index in [1.165, 1.54) is 6.07 Å². The zero-order chi connectivity index (χ0) is 14.6. The molecule has 0 radical (unpaired) electrons. The van der Waals surface area contributed by atoms with Crippen molar-refractivity contribution < 1.29 is 22.7 Å². The molecule has 9 heteroatoms. The fourth-order valence-corrected chi connectivity index (χ4v) is 1.40. The number of nitrogens with one attached hydrogen (secondary N) is 1. The molecule has 0 bridgehead atoms.